The average Bonchev–Trinajstić information content (AvgIpc) is 2.85. The molecule has 2 amide bonds. The molecule has 1 atom stereocenters. The van der Waals surface area contributed by atoms with Crippen LogP contribution in [-0.4, -0.2) is 40.4 Å². The molecule has 1 saturated heterocycles. The van der Waals surface area contributed by atoms with Gasteiger partial charge in [0.25, 0.3) is 5.91 Å². The Bertz CT molecular complexity index is 539. The first-order valence-electron chi connectivity index (χ1n) is 6.41. The predicted molar refractivity (Wildman–Crippen MR) is 71.3 cm³/mol. The van der Waals surface area contributed by atoms with E-state index in [-0.39, 0.29) is 18.4 Å². The van der Waals surface area contributed by atoms with Crippen LogP contribution >= 0.6 is 0 Å². The van der Waals surface area contributed by atoms with Crippen LogP contribution in [0, 0.1) is 0 Å². The lowest BCUT2D eigenvalue weighted by atomic mass is 10.1. The van der Waals surface area contributed by atoms with Gasteiger partial charge in [-0.25, -0.2) is 0 Å². The number of carboxylic acids is 1. The molecule has 1 unspecified atom stereocenters. The number of carboxylic acid groups (broad SMARTS) is 1. The number of nitrogens with two attached hydrogens (primary N) is 1. The molecule has 106 valence electrons. The third-order valence-electron chi connectivity index (χ3n) is 3.46. The molecule has 0 aliphatic carbocycles. The van der Waals surface area contributed by atoms with Crippen LogP contribution in [0.15, 0.2) is 24.3 Å². The number of carbonyl (C=O) groups is 3. The molecule has 0 spiro atoms. The van der Waals surface area contributed by atoms with Crippen LogP contribution in [-0.2, 0) is 4.79 Å². The van der Waals surface area contributed by atoms with Crippen molar-refractivity contribution < 1.29 is 19.5 Å². The van der Waals surface area contributed by atoms with Crippen molar-refractivity contribution in [2.75, 3.05) is 6.54 Å². The van der Waals surface area contributed by atoms with Gasteiger partial charge in [0.15, 0.2) is 0 Å². The lowest BCUT2D eigenvalue weighted by Gasteiger charge is -2.23. The van der Waals surface area contributed by atoms with E-state index < -0.39 is 11.9 Å². The molecule has 2 rings (SSSR count). The third kappa shape index (κ3) is 2.96. The number of hydrogen-bond acceptors (Lipinski definition) is 3. The Balaban J connectivity index is 2.13. The summed E-state index contributed by atoms with van der Waals surface area (Å²) in [5.74, 6) is -1.66. The Morgan fingerprint density at radius 1 is 1.20 bits per heavy atom. The zero-order chi connectivity index (χ0) is 14.7. The van der Waals surface area contributed by atoms with E-state index in [4.69, 9.17) is 10.8 Å². The van der Waals surface area contributed by atoms with Gasteiger partial charge in [-0.2, -0.15) is 0 Å². The normalized spacial score (nSPS) is 18.0. The van der Waals surface area contributed by atoms with Crippen molar-refractivity contribution in [3.05, 3.63) is 35.4 Å². The minimum Gasteiger partial charge on any atom is -0.481 e. The Morgan fingerprint density at radius 2 is 1.80 bits per heavy atom. The van der Waals surface area contributed by atoms with Crippen LogP contribution < -0.4 is 5.73 Å². The molecule has 1 aromatic carbocycles. The highest BCUT2D eigenvalue weighted by Crippen LogP contribution is 2.22. The first kappa shape index (κ1) is 14.0. The number of likely N-dealkylation sites (tertiary alicyclic amines) is 1. The fraction of sp³-hybridized carbons (Fsp3) is 0.357. The van der Waals surface area contributed by atoms with E-state index in [0.717, 1.165) is 6.42 Å². The quantitative estimate of drug-likeness (QED) is 0.851. The van der Waals surface area contributed by atoms with E-state index in [1.807, 2.05) is 0 Å². The summed E-state index contributed by atoms with van der Waals surface area (Å²) in [5.41, 5.74) is 5.91. The van der Waals surface area contributed by atoms with E-state index in [9.17, 15) is 14.4 Å². The summed E-state index contributed by atoms with van der Waals surface area (Å²) in [7, 11) is 0. The summed E-state index contributed by atoms with van der Waals surface area (Å²) in [5, 5.41) is 8.85. The largest absolute Gasteiger partial charge is 0.481 e. The van der Waals surface area contributed by atoms with E-state index in [2.05, 4.69) is 0 Å². The number of carbonyl (C=O) groups excluding carboxylic acids is 2. The molecule has 20 heavy (non-hydrogen) atoms. The summed E-state index contributed by atoms with van der Waals surface area (Å²) < 4.78 is 0. The van der Waals surface area contributed by atoms with Crippen molar-refractivity contribution >= 4 is 17.8 Å². The maximum absolute atomic E-state index is 12.3. The molecule has 1 aromatic rings. The van der Waals surface area contributed by atoms with Crippen LogP contribution in [0.5, 0.6) is 0 Å². The molecule has 6 heteroatoms. The zero-order valence-electron chi connectivity index (χ0n) is 10.9. The Hall–Kier alpha value is -2.37. The molecule has 1 aliphatic rings. The molecule has 0 radical (unpaired) electrons. The topological polar surface area (TPSA) is 101 Å². The van der Waals surface area contributed by atoms with Crippen LogP contribution in [0.3, 0.4) is 0 Å². The van der Waals surface area contributed by atoms with E-state index in [1.54, 1.807) is 17.0 Å². The van der Waals surface area contributed by atoms with E-state index >= 15 is 0 Å². The molecule has 0 bridgehead atoms. The van der Waals surface area contributed by atoms with E-state index in [1.165, 1.54) is 12.1 Å². The predicted octanol–water partition coefficient (Wildman–Crippen LogP) is 0.865. The van der Waals surface area contributed by atoms with Crippen molar-refractivity contribution in [2.45, 2.75) is 25.3 Å². The monoisotopic (exact) mass is 276 g/mol. The maximum Gasteiger partial charge on any atom is 0.305 e. The van der Waals surface area contributed by atoms with Gasteiger partial charge < -0.3 is 15.7 Å². The molecular formula is C14H16N2O4. The molecule has 1 fully saturated rings. The Kier molecular flexibility index (Phi) is 4.02. The highest BCUT2D eigenvalue weighted by molar-refractivity contribution is 5.97. The first-order chi connectivity index (χ1) is 9.49. The maximum atomic E-state index is 12.3. The van der Waals surface area contributed by atoms with Crippen LogP contribution in [0.4, 0.5) is 0 Å². The van der Waals surface area contributed by atoms with Crippen molar-refractivity contribution in [3.63, 3.8) is 0 Å². The summed E-state index contributed by atoms with van der Waals surface area (Å²) in [6, 6.07) is 5.82. The number of benzene rings is 1. The van der Waals surface area contributed by atoms with Crippen molar-refractivity contribution in [3.8, 4) is 0 Å². The SMILES string of the molecule is NC(=O)c1ccc(C(=O)N2CCCC2CC(=O)O)cc1. The Labute approximate surface area is 116 Å². The second-order valence-corrected chi connectivity index (χ2v) is 4.83. The number of aliphatic carboxylic acids is 1. The fourth-order valence-electron chi connectivity index (χ4n) is 2.46. The summed E-state index contributed by atoms with van der Waals surface area (Å²) in [4.78, 5) is 35.7. The number of nitrogens with zero attached hydrogens (tertiary/aromatic N) is 1. The minimum atomic E-state index is -0.904. The molecule has 1 aliphatic heterocycles. The molecular weight excluding hydrogens is 260 g/mol. The highest BCUT2D eigenvalue weighted by Gasteiger charge is 2.30. The van der Waals surface area contributed by atoms with Crippen molar-refractivity contribution in [2.24, 2.45) is 5.73 Å². The van der Waals surface area contributed by atoms with Gasteiger partial charge in [-0.1, -0.05) is 0 Å². The number of primary amides is 1. The lowest BCUT2D eigenvalue weighted by molar-refractivity contribution is -0.137. The zero-order valence-corrected chi connectivity index (χ0v) is 10.9. The summed E-state index contributed by atoms with van der Waals surface area (Å²) in [6.45, 7) is 0.564. The van der Waals surface area contributed by atoms with Gasteiger partial charge in [-0.05, 0) is 37.1 Å². The number of hydrogen-bond donors (Lipinski definition) is 2. The average molecular weight is 276 g/mol. The second kappa shape index (κ2) is 5.73. The lowest BCUT2D eigenvalue weighted by Crippen LogP contribution is -2.36. The highest BCUT2D eigenvalue weighted by atomic mass is 16.4. The molecule has 3 N–H and O–H groups in total. The standard InChI is InChI=1S/C14H16N2O4/c15-13(19)9-3-5-10(6-4-9)14(20)16-7-1-2-11(16)8-12(17)18/h3-6,11H,1-2,7-8H2,(H2,15,19)(H,17,18). The van der Waals surface area contributed by atoms with E-state index in [0.29, 0.717) is 24.1 Å². The number of rotatable bonds is 4. The smallest absolute Gasteiger partial charge is 0.305 e. The van der Waals surface area contributed by atoms with Gasteiger partial charge in [0.1, 0.15) is 0 Å². The van der Waals surface area contributed by atoms with Gasteiger partial charge in [0.2, 0.25) is 5.91 Å². The van der Waals surface area contributed by atoms with Gasteiger partial charge in [-0.15, -0.1) is 0 Å². The van der Waals surface area contributed by atoms with Gasteiger partial charge >= 0.3 is 5.97 Å². The minimum absolute atomic E-state index is 0.0366. The first-order valence-corrected chi connectivity index (χ1v) is 6.41. The Morgan fingerprint density at radius 3 is 2.35 bits per heavy atom. The molecule has 6 nitrogen and oxygen atoms in total. The second-order valence-electron chi connectivity index (χ2n) is 4.83. The van der Waals surface area contributed by atoms with Crippen molar-refractivity contribution in [1.29, 1.82) is 0 Å². The van der Waals surface area contributed by atoms with Crippen LogP contribution in [0.2, 0.25) is 0 Å². The van der Waals surface area contributed by atoms with Gasteiger partial charge in [0.05, 0.1) is 6.42 Å². The summed E-state index contributed by atoms with van der Waals surface area (Å²) >= 11 is 0. The molecule has 0 saturated carbocycles. The third-order valence-corrected chi connectivity index (χ3v) is 3.46. The number of amides is 2. The van der Waals surface area contributed by atoms with Crippen LogP contribution in [0.1, 0.15) is 40.0 Å². The molecule has 1 heterocycles. The molecule has 0 aromatic heterocycles. The van der Waals surface area contributed by atoms with Gasteiger partial charge in [0, 0.05) is 23.7 Å². The fourth-order valence-corrected chi connectivity index (χ4v) is 2.46. The van der Waals surface area contributed by atoms with Crippen LogP contribution in [0.25, 0.3) is 0 Å². The summed E-state index contributed by atoms with van der Waals surface area (Å²) in [6.07, 6.45) is 1.48. The van der Waals surface area contributed by atoms with Gasteiger partial charge in [-0.3, -0.25) is 14.4 Å². The van der Waals surface area contributed by atoms with Crippen molar-refractivity contribution in [1.82, 2.24) is 4.90 Å².